The molecule has 1 aliphatic heterocycles. The SMILES string of the molecule is CCS(=O)(=O)C1CSCCN1C(=O)CCCCN. The summed E-state index contributed by atoms with van der Waals surface area (Å²) in [5, 5.41) is -0.633. The molecule has 5 nitrogen and oxygen atoms in total. The van der Waals surface area contributed by atoms with Gasteiger partial charge >= 0.3 is 0 Å². The topological polar surface area (TPSA) is 80.5 Å². The van der Waals surface area contributed by atoms with E-state index >= 15 is 0 Å². The Labute approximate surface area is 113 Å². The quantitative estimate of drug-likeness (QED) is 0.720. The van der Waals surface area contributed by atoms with Gasteiger partial charge in [-0.3, -0.25) is 4.79 Å². The molecule has 0 bridgehead atoms. The van der Waals surface area contributed by atoms with Gasteiger partial charge in [0.25, 0.3) is 0 Å². The summed E-state index contributed by atoms with van der Waals surface area (Å²) in [6.07, 6.45) is 1.94. The van der Waals surface area contributed by atoms with E-state index in [0.717, 1.165) is 18.6 Å². The Morgan fingerprint density at radius 2 is 2.17 bits per heavy atom. The molecule has 1 atom stereocenters. The van der Waals surface area contributed by atoms with Crippen LogP contribution in [0.2, 0.25) is 0 Å². The zero-order valence-electron chi connectivity index (χ0n) is 10.8. The van der Waals surface area contributed by atoms with Gasteiger partial charge in [-0.1, -0.05) is 6.92 Å². The molecule has 1 saturated heterocycles. The van der Waals surface area contributed by atoms with E-state index in [1.165, 1.54) is 0 Å². The van der Waals surface area contributed by atoms with Crippen LogP contribution in [-0.2, 0) is 14.6 Å². The lowest BCUT2D eigenvalue weighted by molar-refractivity contribution is -0.131. The van der Waals surface area contributed by atoms with E-state index in [2.05, 4.69) is 0 Å². The normalized spacial score (nSPS) is 21.0. The molecule has 1 aliphatic rings. The lowest BCUT2D eigenvalue weighted by atomic mass is 10.2. The maximum atomic E-state index is 12.1. The highest BCUT2D eigenvalue weighted by Crippen LogP contribution is 2.22. The summed E-state index contributed by atoms with van der Waals surface area (Å²) in [6, 6.07) is 0. The molecule has 106 valence electrons. The molecule has 1 fully saturated rings. The first-order chi connectivity index (χ1) is 8.53. The summed E-state index contributed by atoms with van der Waals surface area (Å²) < 4.78 is 23.9. The molecule has 0 aromatic heterocycles. The van der Waals surface area contributed by atoms with E-state index in [1.807, 2.05) is 0 Å². The number of hydrogen-bond donors (Lipinski definition) is 1. The molecule has 0 aromatic rings. The zero-order valence-corrected chi connectivity index (χ0v) is 12.4. The number of nitrogens with zero attached hydrogens (tertiary/aromatic N) is 1. The van der Waals surface area contributed by atoms with Crippen molar-refractivity contribution >= 4 is 27.5 Å². The second-order valence-electron chi connectivity index (χ2n) is 4.31. The van der Waals surface area contributed by atoms with E-state index in [4.69, 9.17) is 5.73 Å². The third-order valence-electron chi connectivity index (χ3n) is 3.07. The van der Waals surface area contributed by atoms with Gasteiger partial charge in [-0.05, 0) is 19.4 Å². The van der Waals surface area contributed by atoms with Crippen molar-refractivity contribution in [2.24, 2.45) is 5.73 Å². The number of amides is 1. The van der Waals surface area contributed by atoms with Crippen LogP contribution in [0.15, 0.2) is 0 Å². The number of sulfone groups is 1. The summed E-state index contributed by atoms with van der Waals surface area (Å²) in [4.78, 5) is 13.6. The highest BCUT2D eigenvalue weighted by molar-refractivity contribution is 8.01. The average molecular weight is 294 g/mol. The summed E-state index contributed by atoms with van der Waals surface area (Å²) in [5.41, 5.74) is 5.39. The molecular formula is C11H22N2O3S2. The van der Waals surface area contributed by atoms with Crippen LogP contribution >= 0.6 is 11.8 Å². The number of nitrogens with two attached hydrogens (primary N) is 1. The van der Waals surface area contributed by atoms with Crippen LogP contribution in [0.4, 0.5) is 0 Å². The van der Waals surface area contributed by atoms with Crippen LogP contribution in [-0.4, -0.2) is 54.9 Å². The number of thioether (sulfide) groups is 1. The first-order valence-corrected chi connectivity index (χ1v) is 9.18. The van der Waals surface area contributed by atoms with Gasteiger partial charge in [0.2, 0.25) is 5.91 Å². The summed E-state index contributed by atoms with van der Waals surface area (Å²) >= 11 is 1.60. The molecule has 1 rings (SSSR count). The van der Waals surface area contributed by atoms with Gasteiger partial charge in [0.1, 0.15) is 5.37 Å². The molecule has 1 heterocycles. The van der Waals surface area contributed by atoms with Crippen LogP contribution in [0.25, 0.3) is 0 Å². The van der Waals surface area contributed by atoms with Gasteiger partial charge in [-0.15, -0.1) is 0 Å². The van der Waals surface area contributed by atoms with Crippen molar-refractivity contribution in [1.82, 2.24) is 4.90 Å². The molecule has 2 N–H and O–H groups in total. The van der Waals surface area contributed by atoms with Crippen molar-refractivity contribution in [3.05, 3.63) is 0 Å². The van der Waals surface area contributed by atoms with Crippen molar-refractivity contribution < 1.29 is 13.2 Å². The summed E-state index contributed by atoms with van der Waals surface area (Å²) in [7, 11) is -3.19. The van der Waals surface area contributed by atoms with Gasteiger partial charge in [0.05, 0.1) is 0 Å². The zero-order chi connectivity index (χ0) is 13.6. The third-order valence-corrected chi connectivity index (χ3v) is 6.36. The van der Waals surface area contributed by atoms with Crippen molar-refractivity contribution in [3.63, 3.8) is 0 Å². The Kier molecular flexibility index (Phi) is 6.45. The Morgan fingerprint density at radius 1 is 1.44 bits per heavy atom. The van der Waals surface area contributed by atoms with Crippen LogP contribution < -0.4 is 5.73 Å². The number of carbonyl (C=O) groups excluding carboxylic acids is 1. The maximum absolute atomic E-state index is 12.1. The van der Waals surface area contributed by atoms with Gasteiger partial charge in [0, 0.05) is 30.2 Å². The fourth-order valence-electron chi connectivity index (χ4n) is 1.92. The van der Waals surface area contributed by atoms with Crippen LogP contribution in [0.5, 0.6) is 0 Å². The minimum atomic E-state index is -3.19. The fourth-order valence-corrected chi connectivity index (χ4v) is 4.91. The van der Waals surface area contributed by atoms with Gasteiger partial charge in [-0.2, -0.15) is 11.8 Å². The molecule has 0 radical (unpaired) electrons. The molecule has 18 heavy (non-hydrogen) atoms. The van der Waals surface area contributed by atoms with Crippen LogP contribution in [0.1, 0.15) is 26.2 Å². The van der Waals surface area contributed by atoms with Crippen molar-refractivity contribution in [2.45, 2.75) is 31.6 Å². The molecular weight excluding hydrogens is 272 g/mol. The molecule has 1 amide bonds. The van der Waals surface area contributed by atoms with Crippen molar-refractivity contribution in [2.75, 3.05) is 30.3 Å². The molecule has 0 spiro atoms. The minimum absolute atomic E-state index is 0.0502. The Balaban J connectivity index is 2.67. The molecule has 7 heteroatoms. The number of carbonyl (C=O) groups is 1. The highest BCUT2D eigenvalue weighted by atomic mass is 32.2. The smallest absolute Gasteiger partial charge is 0.223 e. The summed E-state index contributed by atoms with van der Waals surface area (Å²) in [5.74, 6) is 1.35. The first kappa shape index (κ1) is 15.8. The molecule has 0 aromatic carbocycles. The number of hydrogen-bond acceptors (Lipinski definition) is 5. The van der Waals surface area contributed by atoms with E-state index in [0.29, 0.717) is 25.3 Å². The number of unbranched alkanes of at least 4 members (excludes halogenated alkanes) is 1. The first-order valence-electron chi connectivity index (χ1n) is 6.31. The fraction of sp³-hybridized carbons (Fsp3) is 0.909. The van der Waals surface area contributed by atoms with E-state index in [1.54, 1.807) is 23.6 Å². The number of rotatable bonds is 6. The Hall–Kier alpha value is -0.270. The maximum Gasteiger partial charge on any atom is 0.223 e. The van der Waals surface area contributed by atoms with Gasteiger partial charge in [0.15, 0.2) is 9.84 Å². The van der Waals surface area contributed by atoms with E-state index < -0.39 is 15.2 Å². The lowest BCUT2D eigenvalue weighted by Crippen LogP contribution is -2.50. The third kappa shape index (κ3) is 4.13. The second-order valence-corrected chi connectivity index (χ2v) is 7.91. The van der Waals surface area contributed by atoms with Crippen molar-refractivity contribution in [3.8, 4) is 0 Å². The predicted octanol–water partition coefficient (Wildman–Crippen LogP) is 0.452. The van der Waals surface area contributed by atoms with E-state index in [-0.39, 0.29) is 11.7 Å². The Morgan fingerprint density at radius 3 is 2.78 bits per heavy atom. The van der Waals surface area contributed by atoms with E-state index in [9.17, 15) is 13.2 Å². The van der Waals surface area contributed by atoms with Gasteiger partial charge < -0.3 is 10.6 Å². The second kappa shape index (κ2) is 7.35. The standard InChI is InChI=1S/C11H22N2O3S2/c1-2-18(15,16)11-9-17-8-7-13(11)10(14)5-3-4-6-12/h11H,2-9,12H2,1H3. The van der Waals surface area contributed by atoms with Crippen molar-refractivity contribution in [1.29, 1.82) is 0 Å². The predicted molar refractivity (Wildman–Crippen MR) is 75.2 cm³/mol. The molecule has 0 aliphatic carbocycles. The van der Waals surface area contributed by atoms with Gasteiger partial charge in [-0.25, -0.2) is 8.42 Å². The van der Waals surface area contributed by atoms with Crippen LogP contribution in [0, 0.1) is 0 Å². The largest absolute Gasteiger partial charge is 0.330 e. The monoisotopic (exact) mass is 294 g/mol. The molecule has 0 saturated carbocycles. The van der Waals surface area contributed by atoms with Crippen LogP contribution in [0.3, 0.4) is 0 Å². The lowest BCUT2D eigenvalue weighted by Gasteiger charge is -2.34. The highest BCUT2D eigenvalue weighted by Gasteiger charge is 2.35. The molecule has 1 unspecified atom stereocenters. The average Bonchev–Trinajstić information content (AvgIpc) is 2.39. The summed E-state index contributed by atoms with van der Waals surface area (Å²) in [6.45, 7) is 2.74. The minimum Gasteiger partial charge on any atom is -0.330 e. The Bertz CT molecular complexity index is 370.